The van der Waals surface area contributed by atoms with Gasteiger partial charge in [-0.2, -0.15) is 0 Å². The number of aliphatic hydroxyl groups excluding tert-OH is 1. The van der Waals surface area contributed by atoms with Crippen LogP contribution < -0.4 is 10.2 Å². The van der Waals surface area contributed by atoms with Gasteiger partial charge >= 0.3 is 0 Å². The molecule has 0 aromatic heterocycles. The molecule has 6 heteroatoms. The molecule has 1 saturated heterocycles. The zero-order valence-corrected chi connectivity index (χ0v) is 14.7. The van der Waals surface area contributed by atoms with Crippen molar-refractivity contribution in [1.29, 1.82) is 0 Å². The van der Waals surface area contributed by atoms with Crippen LogP contribution in [0.4, 0.5) is 15.8 Å². The molecular weight excluding hydrogens is 335 g/mol. The summed E-state index contributed by atoms with van der Waals surface area (Å²) in [6, 6.07) is 14.9. The number of hydrogen-bond acceptors (Lipinski definition) is 5. The highest BCUT2D eigenvalue weighted by Crippen LogP contribution is 2.23. The summed E-state index contributed by atoms with van der Waals surface area (Å²) in [6.45, 7) is 3.60. The standard InChI is InChI=1S/C20H25FN2O3/c21-19-12-17(6-7-20(19)23-8-10-25-11-9-23)22-13-18(24)15-26-14-16-4-2-1-3-5-16/h1-7,12,18,22,24H,8-11,13-15H2. The van der Waals surface area contributed by atoms with Crippen molar-refractivity contribution in [3.05, 3.63) is 59.9 Å². The molecule has 0 radical (unpaired) electrons. The molecule has 2 N–H and O–H groups in total. The van der Waals surface area contributed by atoms with Crippen LogP contribution in [0.15, 0.2) is 48.5 Å². The van der Waals surface area contributed by atoms with Gasteiger partial charge in [0.25, 0.3) is 0 Å². The molecule has 5 nitrogen and oxygen atoms in total. The number of morpholine rings is 1. The zero-order chi connectivity index (χ0) is 18.2. The molecule has 0 aliphatic carbocycles. The van der Waals surface area contributed by atoms with Crippen molar-refractivity contribution < 1.29 is 19.0 Å². The van der Waals surface area contributed by atoms with Crippen molar-refractivity contribution in [3.63, 3.8) is 0 Å². The maximum atomic E-state index is 14.3. The second kappa shape index (κ2) is 9.52. The van der Waals surface area contributed by atoms with Crippen LogP contribution in [0.3, 0.4) is 0 Å². The summed E-state index contributed by atoms with van der Waals surface area (Å²) in [7, 11) is 0. The number of nitrogens with one attached hydrogen (secondary N) is 1. The minimum Gasteiger partial charge on any atom is -0.389 e. The SMILES string of the molecule is OC(CNc1ccc(N2CCOCC2)c(F)c1)COCc1ccccc1. The van der Waals surface area contributed by atoms with Crippen LogP contribution in [0, 0.1) is 5.82 Å². The molecule has 1 atom stereocenters. The number of ether oxygens (including phenoxy) is 2. The number of rotatable bonds is 8. The topological polar surface area (TPSA) is 54.0 Å². The zero-order valence-electron chi connectivity index (χ0n) is 14.7. The fourth-order valence-corrected chi connectivity index (χ4v) is 2.86. The Morgan fingerprint density at radius 1 is 1.15 bits per heavy atom. The van der Waals surface area contributed by atoms with Gasteiger partial charge in [0, 0.05) is 25.3 Å². The Hall–Kier alpha value is -2.15. The summed E-state index contributed by atoms with van der Waals surface area (Å²) in [4.78, 5) is 1.98. The fourth-order valence-electron chi connectivity index (χ4n) is 2.86. The molecule has 1 heterocycles. The van der Waals surface area contributed by atoms with Gasteiger partial charge < -0.3 is 24.8 Å². The molecule has 2 aromatic rings. The average molecular weight is 360 g/mol. The molecular formula is C20H25FN2O3. The fraction of sp³-hybridized carbons (Fsp3) is 0.400. The first kappa shape index (κ1) is 18.6. The van der Waals surface area contributed by atoms with Crippen LogP contribution in [-0.2, 0) is 16.1 Å². The monoisotopic (exact) mass is 360 g/mol. The van der Waals surface area contributed by atoms with Crippen molar-refractivity contribution in [1.82, 2.24) is 0 Å². The van der Waals surface area contributed by atoms with Crippen LogP contribution in [-0.4, -0.2) is 50.7 Å². The number of halogens is 1. The summed E-state index contributed by atoms with van der Waals surface area (Å²) in [5, 5.41) is 13.1. The molecule has 1 aliphatic rings. The second-order valence-corrected chi connectivity index (χ2v) is 6.30. The molecule has 0 amide bonds. The van der Waals surface area contributed by atoms with E-state index in [0.29, 0.717) is 50.8 Å². The molecule has 1 aliphatic heterocycles. The summed E-state index contributed by atoms with van der Waals surface area (Å²) in [5.74, 6) is -0.272. The van der Waals surface area contributed by atoms with Crippen LogP contribution in [0.2, 0.25) is 0 Å². The lowest BCUT2D eigenvalue weighted by Crippen LogP contribution is -2.36. The van der Waals surface area contributed by atoms with Crippen molar-refractivity contribution in [2.45, 2.75) is 12.7 Å². The first-order valence-corrected chi connectivity index (χ1v) is 8.88. The highest BCUT2D eigenvalue weighted by Gasteiger charge is 2.15. The lowest BCUT2D eigenvalue weighted by molar-refractivity contribution is 0.0348. The third-order valence-corrected chi connectivity index (χ3v) is 4.26. The van der Waals surface area contributed by atoms with E-state index >= 15 is 0 Å². The van der Waals surface area contributed by atoms with Gasteiger partial charge in [0.2, 0.25) is 0 Å². The van der Waals surface area contributed by atoms with Gasteiger partial charge in [-0.05, 0) is 23.8 Å². The molecule has 1 unspecified atom stereocenters. The van der Waals surface area contributed by atoms with E-state index < -0.39 is 6.10 Å². The molecule has 0 saturated carbocycles. The van der Waals surface area contributed by atoms with Gasteiger partial charge in [-0.1, -0.05) is 30.3 Å². The molecule has 1 fully saturated rings. The minimum absolute atomic E-state index is 0.218. The van der Waals surface area contributed by atoms with Crippen LogP contribution in [0.1, 0.15) is 5.56 Å². The van der Waals surface area contributed by atoms with E-state index in [1.807, 2.05) is 41.3 Å². The maximum absolute atomic E-state index is 14.3. The van der Waals surface area contributed by atoms with Gasteiger partial charge in [0.1, 0.15) is 5.82 Å². The summed E-state index contributed by atoms with van der Waals surface area (Å²) < 4.78 is 25.1. The van der Waals surface area contributed by atoms with Crippen molar-refractivity contribution in [2.24, 2.45) is 0 Å². The predicted molar refractivity (Wildman–Crippen MR) is 100 cm³/mol. The lowest BCUT2D eigenvalue weighted by atomic mass is 10.2. The first-order valence-electron chi connectivity index (χ1n) is 8.88. The first-order chi connectivity index (χ1) is 12.7. The molecule has 0 spiro atoms. The Balaban J connectivity index is 1.43. The number of hydrogen-bond donors (Lipinski definition) is 2. The van der Waals surface area contributed by atoms with E-state index in [1.165, 1.54) is 6.07 Å². The Morgan fingerprint density at radius 3 is 2.65 bits per heavy atom. The molecule has 0 bridgehead atoms. The molecule has 140 valence electrons. The summed E-state index contributed by atoms with van der Waals surface area (Å²) >= 11 is 0. The molecule has 26 heavy (non-hydrogen) atoms. The van der Waals surface area contributed by atoms with E-state index in [-0.39, 0.29) is 12.4 Å². The highest BCUT2D eigenvalue weighted by molar-refractivity contribution is 5.56. The maximum Gasteiger partial charge on any atom is 0.148 e. The smallest absolute Gasteiger partial charge is 0.148 e. The predicted octanol–water partition coefficient (Wildman–Crippen LogP) is 2.65. The second-order valence-electron chi connectivity index (χ2n) is 6.30. The van der Waals surface area contributed by atoms with Gasteiger partial charge in [-0.3, -0.25) is 0 Å². The Bertz CT molecular complexity index is 678. The summed E-state index contributed by atoms with van der Waals surface area (Å²) in [6.07, 6.45) is -0.666. The quantitative estimate of drug-likeness (QED) is 0.758. The van der Waals surface area contributed by atoms with E-state index in [4.69, 9.17) is 9.47 Å². The van der Waals surface area contributed by atoms with Crippen LogP contribution in [0.5, 0.6) is 0 Å². The van der Waals surface area contributed by atoms with Gasteiger partial charge in [-0.25, -0.2) is 4.39 Å². The number of aliphatic hydroxyl groups is 1. The molecule has 2 aromatic carbocycles. The number of benzene rings is 2. The van der Waals surface area contributed by atoms with Crippen molar-refractivity contribution >= 4 is 11.4 Å². The number of nitrogens with zero attached hydrogens (tertiary/aromatic N) is 1. The van der Waals surface area contributed by atoms with E-state index in [1.54, 1.807) is 6.07 Å². The van der Waals surface area contributed by atoms with Gasteiger partial charge in [-0.15, -0.1) is 0 Å². The number of anilines is 2. The van der Waals surface area contributed by atoms with Crippen molar-refractivity contribution in [3.8, 4) is 0 Å². The van der Waals surface area contributed by atoms with Crippen LogP contribution in [0.25, 0.3) is 0 Å². The van der Waals surface area contributed by atoms with Crippen molar-refractivity contribution in [2.75, 3.05) is 49.7 Å². The third kappa shape index (κ3) is 5.42. The largest absolute Gasteiger partial charge is 0.389 e. The van der Waals surface area contributed by atoms with Gasteiger partial charge in [0.05, 0.1) is 38.2 Å². The highest BCUT2D eigenvalue weighted by atomic mass is 19.1. The molecule has 3 rings (SSSR count). The van der Waals surface area contributed by atoms with Gasteiger partial charge in [0.15, 0.2) is 0 Å². The Morgan fingerprint density at radius 2 is 1.92 bits per heavy atom. The minimum atomic E-state index is -0.666. The lowest BCUT2D eigenvalue weighted by Gasteiger charge is -2.29. The van der Waals surface area contributed by atoms with E-state index in [9.17, 15) is 9.50 Å². The third-order valence-electron chi connectivity index (χ3n) is 4.26. The average Bonchev–Trinajstić information content (AvgIpc) is 2.68. The Labute approximate surface area is 153 Å². The van der Waals surface area contributed by atoms with Crippen LogP contribution >= 0.6 is 0 Å². The summed E-state index contributed by atoms with van der Waals surface area (Å²) in [5.41, 5.74) is 2.29. The Kier molecular flexibility index (Phi) is 6.82. The van der Waals surface area contributed by atoms with E-state index in [2.05, 4.69) is 5.32 Å². The normalized spacial score (nSPS) is 15.7. The van der Waals surface area contributed by atoms with E-state index in [0.717, 1.165) is 5.56 Å².